The average molecular weight is 279 g/mol. The fraction of sp³-hybridized carbons (Fsp3) is 0.118. The number of carbonyl (C=O) groups is 1. The van der Waals surface area contributed by atoms with Gasteiger partial charge in [0.2, 0.25) is 5.91 Å². The number of aromatic amines is 1. The monoisotopic (exact) mass is 279 g/mol. The highest BCUT2D eigenvalue weighted by atomic mass is 16.1. The van der Waals surface area contributed by atoms with Crippen molar-refractivity contribution in [2.24, 2.45) is 0 Å². The number of benzene rings is 2. The van der Waals surface area contributed by atoms with Gasteiger partial charge < -0.3 is 15.6 Å². The van der Waals surface area contributed by atoms with Crippen LogP contribution in [0.3, 0.4) is 0 Å². The van der Waals surface area contributed by atoms with Gasteiger partial charge in [-0.25, -0.2) is 0 Å². The number of rotatable bonds is 5. The molecular weight excluding hydrogens is 262 g/mol. The van der Waals surface area contributed by atoms with E-state index < -0.39 is 0 Å². The van der Waals surface area contributed by atoms with Gasteiger partial charge in [0.05, 0.1) is 12.2 Å². The van der Waals surface area contributed by atoms with Crippen molar-refractivity contribution < 1.29 is 4.79 Å². The number of nitrogens with one attached hydrogen (secondary N) is 3. The van der Waals surface area contributed by atoms with Crippen LogP contribution in [-0.2, 0) is 11.3 Å². The minimum absolute atomic E-state index is 0.0420. The molecule has 4 heteroatoms. The highest BCUT2D eigenvalue weighted by molar-refractivity contribution is 6.01. The van der Waals surface area contributed by atoms with Gasteiger partial charge in [0.25, 0.3) is 0 Å². The first-order chi connectivity index (χ1) is 10.3. The van der Waals surface area contributed by atoms with Crippen LogP contribution in [-0.4, -0.2) is 17.4 Å². The highest BCUT2D eigenvalue weighted by Gasteiger charge is 2.05. The zero-order valence-corrected chi connectivity index (χ0v) is 11.6. The summed E-state index contributed by atoms with van der Waals surface area (Å²) >= 11 is 0. The topological polar surface area (TPSA) is 56.9 Å². The summed E-state index contributed by atoms with van der Waals surface area (Å²) < 4.78 is 0. The smallest absolute Gasteiger partial charge is 0.238 e. The summed E-state index contributed by atoms with van der Waals surface area (Å²) in [5, 5.41) is 7.10. The molecule has 21 heavy (non-hydrogen) atoms. The Labute approximate surface area is 123 Å². The molecule has 3 rings (SSSR count). The van der Waals surface area contributed by atoms with Crippen LogP contribution in [0.1, 0.15) is 5.56 Å². The Bertz CT molecular complexity index is 734. The van der Waals surface area contributed by atoms with Gasteiger partial charge >= 0.3 is 0 Å². The van der Waals surface area contributed by atoms with E-state index in [1.54, 1.807) is 0 Å². The Morgan fingerprint density at radius 1 is 1.00 bits per heavy atom. The summed E-state index contributed by atoms with van der Waals surface area (Å²) in [6, 6.07) is 17.8. The highest BCUT2D eigenvalue weighted by Crippen LogP contribution is 2.21. The zero-order chi connectivity index (χ0) is 14.5. The lowest BCUT2D eigenvalue weighted by Crippen LogP contribution is -2.27. The standard InChI is InChI=1S/C17H17N3O/c21-17(12-18-11-13-5-2-1-3-6-13)20-16-8-4-7-15-14(16)9-10-19-15/h1-10,18-19H,11-12H2,(H,20,21). The Kier molecular flexibility index (Phi) is 3.98. The summed E-state index contributed by atoms with van der Waals surface area (Å²) in [4.78, 5) is 15.1. The number of fused-ring (bicyclic) bond motifs is 1. The first-order valence-electron chi connectivity index (χ1n) is 6.93. The summed E-state index contributed by atoms with van der Waals surface area (Å²) in [6.45, 7) is 0.971. The molecule has 2 aromatic carbocycles. The van der Waals surface area contributed by atoms with Gasteiger partial charge in [-0.1, -0.05) is 36.4 Å². The number of amides is 1. The molecule has 106 valence electrons. The first kappa shape index (κ1) is 13.4. The second-order valence-corrected chi connectivity index (χ2v) is 4.88. The van der Waals surface area contributed by atoms with Gasteiger partial charge in [-0.3, -0.25) is 4.79 Å². The number of hydrogen-bond donors (Lipinski definition) is 3. The SMILES string of the molecule is O=C(CNCc1ccccc1)Nc1cccc2[nH]ccc12. The molecule has 0 bridgehead atoms. The number of aromatic nitrogens is 1. The lowest BCUT2D eigenvalue weighted by Gasteiger charge is -2.08. The summed E-state index contributed by atoms with van der Waals surface area (Å²) in [5.41, 5.74) is 3.02. The van der Waals surface area contributed by atoms with Gasteiger partial charge in [0.15, 0.2) is 0 Å². The van der Waals surface area contributed by atoms with E-state index in [0.717, 1.165) is 22.2 Å². The molecule has 0 aliphatic heterocycles. The molecule has 0 radical (unpaired) electrons. The van der Waals surface area contributed by atoms with E-state index in [0.29, 0.717) is 6.54 Å². The Morgan fingerprint density at radius 3 is 2.71 bits per heavy atom. The minimum atomic E-state index is -0.0420. The third-order valence-electron chi connectivity index (χ3n) is 3.33. The molecule has 4 nitrogen and oxygen atoms in total. The predicted molar refractivity (Wildman–Crippen MR) is 85.1 cm³/mol. The predicted octanol–water partition coefficient (Wildman–Crippen LogP) is 2.90. The molecule has 0 spiro atoms. The van der Waals surface area contributed by atoms with Crippen molar-refractivity contribution >= 4 is 22.5 Å². The quantitative estimate of drug-likeness (QED) is 0.672. The molecule has 0 aliphatic carbocycles. The van der Waals surface area contributed by atoms with Crippen LogP contribution >= 0.6 is 0 Å². The summed E-state index contributed by atoms with van der Waals surface area (Å²) in [6.07, 6.45) is 1.87. The number of H-pyrrole nitrogens is 1. The fourth-order valence-corrected chi connectivity index (χ4v) is 2.31. The van der Waals surface area contributed by atoms with Crippen molar-refractivity contribution in [2.45, 2.75) is 6.54 Å². The Morgan fingerprint density at radius 2 is 1.86 bits per heavy atom. The van der Waals surface area contributed by atoms with Crippen LogP contribution in [0.5, 0.6) is 0 Å². The van der Waals surface area contributed by atoms with Crippen molar-refractivity contribution in [3.05, 3.63) is 66.4 Å². The number of anilines is 1. The van der Waals surface area contributed by atoms with Crippen molar-refractivity contribution in [3.8, 4) is 0 Å². The van der Waals surface area contributed by atoms with E-state index in [4.69, 9.17) is 0 Å². The number of hydrogen-bond acceptors (Lipinski definition) is 2. The molecule has 0 aliphatic rings. The summed E-state index contributed by atoms with van der Waals surface area (Å²) in [5.74, 6) is -0.0420. The lowest BCUT2D eigenvalue weighted by atomic mass is 10.2. The maximum absolute atomic E-state index is 12.0. The summed E-state index contributed by atoms with van der Waals surface area (Å²) in [7, 11) is 0. The molecule has 0 atom stereocenters. The molecule has 0 unspecified atom stereocenters. The molecule has 1 heterocycles. The fourth-order valence-electron chi connectivity index (χ4n) is 2.31. The molecule has 0 fully saturated rings. The van der Waals surface area contributed by atoms with Crippen LogP contribution < -0.4 is 10.6 Å². The molecule has 0 saturated heterocycles. The van der Waals surface area contributed by atoms with Crippen LogP contribution in [0.15, 0.2) is 60.8 Å². The maximum Gasteiger partial charge on any atom is 0.238 e. The zero-order valence-electron chi connectivity index (χ0n) is 11.6. The van der Waals surface area contributed by atoms with E-state index in [9.17, 15) is 4.79 Å². The average Bonchev–Trinajstić information content (AvgIpc) is 2.98. The molecule has 3 N–H and O–H groups in total. The van der Waals surface area contributed by atoms with Gasteiger partial charge in [0, 0.05) is 23.6 Å². The van der Waals surface area contributed by atoms with Crippen molar-refractivity contribution in [1.29, 1.82) is 0 Å². The van der Waals surface area contributed by atoms with Gasteiger partial charge in [-0.2, -0.15) is 0 Å². The van der Waals surface area contributed by atoms with E-state index in [1.807, 2.05) is 60.8 Å². The van der Waals surface area contributed by atoms with Crippen LogP contribution in [0.4, 0.5) is 5.69 Å². The Balaban J connectivity index is 1.56. The first-order valence-corrected chi connectivity index (χ1v) is 6.93. The van der Waals surface area contributed by atoms with Crippen LogP contribution in [0.2, 0.25) is 0 Å². The molecular formula is C17H17N3O. The van der Waals surface area contributed by atoms with Crippen molar-refractivity contribution in [1.82, 2.24) is 10.3 Å². The van der Waals surface area contributed by atoms with Gasteiger partial charge in [-0.15, -0.1) is 0 Å². The van der Waals surface area contributed by atoms with Gasteiger partial charge in [-0.05, 0) is 23.8 Å². The lowest BCUT2D eigenvalue weighted by molar-refractivity contribution is -0.115. The Hall–Kier alpha value is -2.59. The van der Waals surface area contributed by atoms with Crippen LogP contribution in [0.25, 0.3) is 10.9 Å². The van der Waals surface area contributed by atoms with E-state index in [-0.39, 0.29) is 12.5 Å². The molecule has 0 saturated carbocycles. The van der Waals surface area contributed by atoms with Crippen LogP contribution in [0, 0.1) is 0 Å². The number of carbonyl (C=O) groups excluding carboxylic acids is 1. The van der Waals surface area contributed by atoms with E-state index in [1.165, 1.54) is 0 Å². The maximum atomic E-state index is 12.0. The van der Waals surface area contributed by atoms with Crippen molar-refractivity contribution in [3.63, 3.8) is 0 Å². The van der Waals surface area contributed by atoms with Crippen molar-refractivity contribution in [2.75, 3.05) is 11.9 Å². The van der Waals surface area contributed by atoms with Gasteiger partial charge in [0.1, 0.15) is 0 Å². The van der Waals surface area contributed by atoms with E-state index >= 15 is 0 Å². The largest absolute Gasteiger partial charge is 0.361 e. The molecule has 3 aromatic rings. The molecule has 1 aromatic heterocycles. The second-order valence-electron chi connectivity index (χ2n) is 4.88. The normalized spacial score (nSPS) is 10.7. The molecule has 1 amide bonds. The second kappa shape index (κ2) is 6.24. The minimum Gasteiger partial charge on any atom is -0.361 e. The van der Waals surface area contributed by atoms with E-state index in [2.05, 4.69) is 15.6 Å². The third kappa shape index (κ3) is 3.30. The third-order valence-corrected chi connectivity index (χ3v) is 3.33.